The van der Waals surface area contributed by atoms with Crippen LogP contribution in [0, 0.1) is 27.7 Å². The highest BCUT2D eigenvalue weighted by molar-refractivity contribution is 5.93. The van der Waals surface area contributed by atoms with Crippen LogP contribution in [-0.4, -0.2) is 0 Å². The van der Waals surface area contributed by atoms with Gasteiger partial charge in [-0.15, -0.1) is 0 Å². The number of nitrogens with zero attached hydrogens (tertiary/aromatic N) is 2. The van der Waals surface area contributed by atoms with Gasteiger partial charge in [-0.05, 0) is 157 Å². The van der Waals surface area contributed by atoms with Crippen LogP contribution < -0.4 is 9.80 Å². The summed E-state index contributed by atoms with van der Waals surface area (Å²) in [6.45, 7) is 13.3. The number of rotatable bonds is 8. The van der Waals surface area contributed by atoms with Gasteiger partial charge in [-0.1, -0.05) is 133 Å². The van der Waals surface area contributed by atoms with Crippen molar-refractivity contribution in [2.75, 3.05) is 9.80 Å². The molecule has 0 atom stereocenters. The largest absolute Gasteiger partial charge is 0.311 e. The summed E-state index contributed by atoms with van der Waals surface area (Å²) in [5.74, 6) is 0. The van der Waals surface area contributed by atoms with Crippen molar-refractivity contribution in [2.45, 2.75) is 47.0 Å². The molecule has 0 spiro atoms. The van der Waals surface area contributed by atoms with Crippen LogP contribution in [0.4, 0.5) is 34.1 Å². The summed E-state index contributed by atoms with van der Waals surface area (Å²) in [4.78, 5) is 4.69. The van der Waals surface area contributed by atoms with Gasteiger partial charge in [0.2, 0.25) is 0 Å². The van der Waals surface area contributed by atoms with Crippen molar-refractivity contribution >= 4 is 34.1 Å². The number of benzene rings is 8. The number of hydrogen-bond acceptors (Lipinski definition) is 2. The van der Waals surface area contributed by atoms with Gasteiger partial charge in [0.1, 0.15) is 0 Å². The van der Waals surface area contributed by atoms with Gasteiger partial charge in [0, 0.05) is 39.5 Å². The lowest BCUT2D eigenvalue weighted by Crippen LogP contribution is -2.16. The normalized spacial score (nSPS) is 12.5. The molecule has 2 heteroatoms. The number of hydrogen-bond donors (Lipinski definition) is 0. The molecule has 0 saturated carbocycles. The first-order valence-corrected chi connectivity index (χ1v) is 20.0. The van der Waals surface area contributed by atoms with Crippen LogP contribution in [0.5, 0.6) is 0 Å². The van der Waals surface area contributed by atoms with E-state index in [9.17, 15) is 0 Å². The van der Waals surface area contributed by atoms with E-state index in [1.54, 1.807) is 0 Å². The van der Waals surface area contributed by atoms with Gasteiger partial charge in [-0.25, -0.2) is 0 Å². The molecule has 8 aromatic rings. The Balaban J connectivity index is 1.15. The van der Waals surface area contributed by atoms with E-state index in [-0.39, 0.29) is 5.41 Å². The van der Waals surface area contributed by atoms with Gasteiger partial charge < -0.3 is 9.80 Å². The fraction of sp³-hybridized carbons (Fsp3) is 0.127. The zero-order chi connectivity index (χ0) is 39.3. The van der Waals surface area contributed by atoms with E-state index >= 15 is 0 Å². The summed E-state index contributed by atoms with van der Waals surface area (Å²) >= 11 is 0. The Hall–Kier alpha value is -6.64. The summed E-state index contributed by atoms with van der Waals surface area (Å²) in [6.07, 6.45) is 0. The van der Waals surface area contributed by atoms with Crippen LogP contribution in [0.2, 0.25) is 0 Å². The third kappa shape index (κ3) is 6.72. The average molecular weight is 737 g/mol. The molecule has 278 valence electrons. The molecule has 9 rings (SSSR count). The summed E-state index contributed by atoms with van der Waals surface area (Å²) in [6, 6.07) is 67.3. The maximum absolute atomic E-state index is 2.42. The van der Waals surface area contributed by atoms with Gasteiger partial charge in [0.05, 0.1) is 0 Å². The standard InChI is InChI=1S/C55H48N2/c1-37-11-23-44(24-12-37)56(45-25-13-38(2)14-26-45)48-31-19-41(20-32-48)43-35-51(54-52(36-43)50-9-7-8-10-53(50)55(54,5)6)42-21-33-49(34-22-42)57(46-27-15-39(3)16-28-46)47-29-17-40(4)18-30-47/h7-36H,1-6H3. The molecule has 0 radical (unpaired) electrons. The molecule has 0 aromatic heterocycles. The average Bonchev–Trinajstić information content (AvgIpc) is 3.47. The van der Waals surface area contributed by atoms with Crippen molar-refractivity contribution in [3.8, 4) is 33.4 Å². The predicted molar refractivity (Wildman–Crippen MR) is 243 cm³/mol. The number of aryl methyl sites for hydroxylation is 4. The fourth-order valence-corrected chi connectivity index (χ4v) is 8.58. The van der Waals surface area contributed by atoms with Crippen LogP contribution in [0.1, 0.15) is 47.2 Å². The maximum atomic E-state index is 2.42. The van der Waals surface area contributed by atoms with E-state index in [4.69, 9.17) is 0 Å². The highest BCUT2D eigenvalue weighted by Gasteiger charge is 2.38. The molecule has 1 aliphatic rings. The molecule has 0 aliphatic heterocycles. The summed E-state index contributed by atoms with van der Waals surface area (Å²) in [7, 11) is 0. The molecule has 0 amide bonds. The minimum absolute atomic E-state index is 0.152. The summed E-state index contributed by atoms with van der Waals surface area (Å²) in [5.41, 5.74) is 22.0. The lowest BCUT2D eigenvalue weighted by molar-refractivity contribution is 0.662. The molecule has 0 heterocycles. The molecule has 0 N–H and O–H groups in total. The van der Waals surface area contributed by atoms with Crippen LogP contribution >= 0.6 is 0 Å². The Morgan fingerprint density at radius 3 is 1.05 bits per heavy atom. The second-order valence-electron chi connectivity index (χ2n) is 16.2. The molecular weight excluding hydrogens is 689 g/mol. The lowest BCUT2D eigenvalue weighted by Gasteiger charge is -2.27. The Kier molecular flexibility index (Phi) is 9.14. The Morgan fingerprint density at radius 2 is 0.649 bits per heavy atom. The van der Waals surface area contributed by atoms with Gasteiger partial charge in [-0.3, -0.25) is 0 Å². The van der Waals surface area contributed by atoms with Crippen LogP contribution in [0.3, 0.4) is 0 Å². The molecule has 0 fully saturated rings. The third-order valence-electron chi connectivity index (χ3n) is 11.7. The molecule has 0 unspecified atom stereocenters. The summed E-state index contributed by atoms with van der Waals surface area (Å²) < 4.78 is 0. The van der Waals surface area contributed by atoms with E-state index in [1.165, 1.54) is 66.8 Å². The molecule has 0 saturated heterocycles. The first kappa shape index (κ1) is 36.0. The minimum atomic E-state index is -0.152. The minimum Gasteiger partial charge on any atom is -0.311 e. The van der Waals surface area contributed by atoms with Gasteiger partial charge in [0.25, 0.3) is 0 Å². The monoisotopic (exact) mass is 736 g/mol. The first-order valence-electron chi connectivity index (χ1n) is 20.0. The van der Waals surface area contributed by atoms with Crippen molar-refractivity contribution < 1.29 is 0 Å². The topological polar surface area (TPSA) is 6.48 Å². The predicted octanol–water partition coefficient (Wildman–Crippen LogP) is 15.5. The van der Waals surface area contributed by atoms with E-state index in [1.807, 2.05) is 0 Å². The van der Waals surface area contributed by atoms with Crippen molar-refractivity contribution in [1.29, 1.82) is 0 Å². The maximum Gasteiger partial charge on any atom is 0.0462 e. The van der Waals surface area contributed by atoms with Crippen LogP contribution in [-0.2, 0) is 5.41 Å². The van der Waals surface area contributed by atoms with E-state index in [0.29, 0.717) is 0 Å². The molecule has 0 bridgehead atoms. The highest BCUT2D eigenvalue weighted by Crippen LogP contribution is 2.54. The van der Waals surface area contributed by atoms with Gasteiger partial charge in [0.15, 0.2) is 0 Å². The fourth-order valence-electron chi connectivity index (χ4n) is 8.58. The first-order chi connectivity index (χ1) is 27.6. The smallest absolute Gasteiger partial charge is 0.0462 e. The SMILES string of the molecule is Cc1ccc(N(c2ccc(C)cc2)c2ccc(-c3cc(-c4ccc(N(c5ccc(C)cc5)c5ccc(C)cc5)cc4)c4c(c3)-c3ccccc3C4(C)C)cc2)cc1. The lowest BCUT2D eigenvalue weighted by atomic mass is 9.78. The van der Waals surface area contributed by atoms with Crippen LogP contribution in [0.15, 0.2) is 182 Å². The van der Waals surface area contributed by atoms with Crippen molar-refractivity contribution in [3.63, 3.8) is 0 Å². The van der Waals surface area contributed by atoms with Crippen LogP contribution in [0.25, 0.3) is 33.4 Å². The summed E-state index contributed by atoms with van der Waals surface area (Å²) in [5, 5.41) is 0. The number of fused-ring (bicyclic) bond motifs is 3. The zero-order valence-corrected chi connectivity index (χ0v) is 33.7. The highest BCUT2D eigenvalue weighted by atomic mass is 15.1. The van der Waals surface area contributed by atoms with Crippen molar-refractivity contribution in [2.24, 2.45) is 0 Å². The Morgan fingerprint density at radius 1 is 0.316 bits per heavy atom. The molecule has 1 aliphatic carbocycles. The van der Waals surface area contributed by atoms with Gasteiger partial charge in [-0.2, -0.15) is 0 Å². The third-order valence-corrected chi connectivity index (χ3v) is 11.7. The molecule has 8 aromatic carbocycles. The van der Waals surface area contributed by atoms with Gasteiger partial charge >= 0.3 is 0 Å². The van der Waals surface area contributed by atoms with Crippen molar-refractivity contribution in [1.82, 2.24) is 0 Å². The van der Waals surface area contributed by atoms with E-state index < -0.39 is 0 Å². The zero-order valence-electron chi connectivity index (χ0n) is 33.7. The van der Waals surface area contributed by atoms with E-state index in [2.05, 4.69) is 233 Å². The second kappa shape index (κ2) is 14.5. The molecular formula is C55H48N2. The Labute approximate surface area is 338 Å². The van der Waals surface area contributed by atoms with E-state index in [0.717, 1.165) is 34.1 Å². The molecule has 57 heavy (non-hydrogen) atoms. The molecule has 2 nitrogen and oxygen atoms in total. The quantitative estimate of drug-likeness (QED) is 0.153. The Bertz CT molecular complexity index is 2590. The number of anilines is 6. The second-order valence-corrected chi connectivity index (χ2v) is 16.2. The van der Waals surface area contributed by atoms with Crippen molar-refractivity contribution in [3.05, 3.63) is 215 Å².